The fourth-order valence-corrected chi connectivity index (χ4v) is 9.14. The van der Waals surface area contributed by atoms with Crippen molar-refractivity contribution in [3.63, 3.8) is 0 Å². The highest BCUT2D eigenvalue weighted by Gasteiger charge is 2.82. The minimum Gasteiger partial charge on any atom is -0.455 e. The first-order chi connectivity index (χ1) is 22.8. The van der Waals surface area contributed by atoms with E-state index in [1.165, 1.54) is 19.9 Å². The number of Topliss-reactive ketones (excluding diaryl/α,β-unsaturated/α-hetero) is 1. The van der Waals surface area contributed by atoms with Gasteiger partial charge < -0.3 is 35.1 Å². The number of aliphatic hydroxyl groups is 2. The van der Waals surface area contributed by atoms with Gasteiger partial charge in [-0.15, -0.1) is 6.58 Å². The van der Waals surface area contributed by atoms with Gasteiger partial charge in [0.05, 0.1) is 17.4 Å². The zero-order valence-electron chi connectivity index (χ0n) is 28.7. The Morgan fingerprint density at radius 2 is 1.86 bits per heavy atom. The highest BCUT2D eigenvalue weighted by atomic mass is 127. The SMILES string of the molecule is C=C[C@@]1(C)CC(=O)[C@]2(O)[C@@]3(C)[C@@H](O)CCC(C)(C)[C@@H]3[C@H](OC(=O)NCCNC(=O)CCc3ccc(N=[N+]=[N-])c(I)c3)[C@H](OC(C)=O)[C@@]2(C)O1. The van der Waals surface area contributed by atoms with Crippen LogP contribution < -0.4 is 10.6 Å². The molecule has 14 nitrogen and oxygen atoms in total. The van der Waals surface area contributed by atoms with Crippen LogP contribution in [0, 0.1) is 20.3 Å². The van der Waals surface area contributed by atoms with Crippen LogP contribution in [0.1, 0.15) is 72.8 Å². The standard InChI is InChI=1S/C34H46IN5O9/c1-8-31(5)18-24(43)34(46)32(6)23(42)13-14-30(3,4)27(32)26(28(47-19(2)41)33(34,7)49-31)48-29(45)38-16-15-37-25(44)12-10-20-9-11-22(39-40-36)21(35)17-20/h8-9,11,17,23,26-28,42,46H,1,10,12-16,18H2,2-7H3,(H,37,44)(H,38,45)/t23-,26-,27-,28-,31-,32-,33+,34-/m0/s1. The average molecular weight is 796 g/mol. The van der Waals surface area contributed by atoms with Gasteiger partial charge in [-0.3, -0.25) is 14.4 Å². The third-order valence-electron chi connectivity index (χ3n) is 10.8. The number of amides is 2. The minimum atomic E-state index is -2.34. The summed E-state index contributed by atoms with van der Waals surface area (Å²) >= 11 is 2.06. The molecule has 4 rings (SSSR count). The maximum absolute atomic E-state index is 14.1. The molecule has 0 unspecified atom stereocenters. The third kappa shape index (κ3) is 6.92. The Kier molecular flexibility index (Phi) is 11.2. The van der Waals surface area contributed by atoms with E-state index in [0.29, 0.717) is 18.5 Å². The average Bonchev–Trinajstić information content (AvgIpc) is 3.01. The Bertz CT molecular complexity index is 1570. The van der Waals surface area contributed by atoms with Gasteiger partial charge >= 0.3 is 12.1 Å². The fourth-order valence-electron chi connectivity index (χ4n) is 8.46. The van der Waals surface area contributed by atoms with E-state index in [9.17, 15) is 29.4 Å². The molecule has 1 aromatic rings. The number of aryl methyl sites for hydroxylation is 1. The van der Waals surface area contributed by atoms with Gasteiger partial charge in [0.15, 0.2) is 17.5 Å². The van der Waals surface area contributed by atoms with Crippen LogP contribution in [-0.2, 0) is 35.0 Å². The molecule has 4 N–H and O–H groups in total. The monoisotopic (exact) mass is 795 g/mol. The molecule has 1 heterocycles. The number of fused-ring (bicyclic) bond motifs is 3. The van der Waals surface area contributed by atoms with Crippen LogP contribution in [0.4, 0.5) is 10.5 Å². The second-order valence-corrected chi connectivity index (χ2v) is 15.7. The molecule has 0 spiro atoms. The second-order valence-electron chi connectivity index (χ2n) is 14.5. The summed E-state index contributed by atoms with van der Waals surface area (Å²) in [6, 6.07) is 5.32. The zero-order chi connectivity index (χ0) is 36.6. The Labute approximate surface area is 299 Å². The summed E-state index contributed by atoms with van der Waals surface area (Å²) in [5, 5.41) is 33.3. The van der Waals surface area contributed by atoms with E-state index in [-0.39, 0.29) is 38.3 Å². The van der Waals surface area contributed by atoms with E-state index in [1.807, 2.05) is 19.9 Å². The number of halogens is 1. The molecule has 2 amide bonds. The van der Waals surface area contributed by atoms with E-state index in [1.54, 1.807) is 26.0 Å². The molecule has 15 heteroatoms. The van der Waals surface area contributed by atoms with Crippen LogP contribution >= 0.6 is 22.6 Å². The first kappa shape index (κ1) is 38.6. The van der Waals surface area contributed by atoms with Crippen molar-refractivity contribution in [2.45, 2.75) is 109 Å². The number of ketones is 1. The van der Waals surface area contributed by atoms with E-state index in [2.05, 4.69) is 49.8 Å². The number of esters is 1. The number of azide groups is 1. The van der Waals surface area contributed by atoms with Crippen molar-refractivity contribution in [2.24, 2.45) is 21.9 Å². The number of carbonyl (C=O) groups excluding carboxylic acids is 4. The number of rotatable bonds is 10. The summed E-state index contributed by atoms with van der Waals surface area (Å²) in [6.07, 6.45) is -2.19. The van der Waals surface area contributed by atoms with Crippen LogP contribution in [0.3, 0.4) is 0 Å². The topological polar surface area (TPSA) is 209 Å². The Morgan fingerprint density at radius 3 is 2.47 bits per heavy atom. The van der Waals surface area contributed by atoms with Crippen molar-refractivity contribution in [1.29, 1.82) is 0 Å². The van der Waals surface area contributed by atoms with E-state index >= 15 is 0 Å². The molecule has 2 aliphatic carbocycles. The molecule has 1 aliphatic heterocycles. The second kappa shape index (κ2) is 14.2. The molecule has 0 bridgehead atoms. The highest BCUT2D eigenvalue weighted by Crippen LogP contribution is 2.67. The maximum atomic E-state index is 14.1. The summed E-state index contributed by atoms with van der Waals surface area (Å²) < 4.78 is 19.1. The number of nitrogens with zero attached hydrogens (tertiary/aromatic N) is 3. The molecule has 3 fully saturated rings. The zero-order valence-corrected chi connectivity index (χ0v) is 30.9. The van der Waals surface area contributed by atoms with Gasteiger partial charge in [-0.05, 0) is 78.3 Å². The summed E-state index contributed by atoms with van der Waals surface area (Å²) in [5.41, 5.74) is 2.21. The summed E-state index contributed by atoms with van der Waals surface area (Å²) in [7, 11) is 0. The van der Waals surface area contributed by atoms with Crippen LogP contribution in [0.15, 0.2) is 36.0 Å². The Balaban J connectivity index is 1.52. The third-order valence-corrected chi connectivity index (χ3v) is 11.6. The smallest absolute Gasteiger partial charge is 0.407 e. The number of nitrogens with one attached hydrogen (secondary N) is 2. The van der Waals surface area contributed by atoms with Gasteiger partial charge in [0, 0.05) is 52.7 Å². The maximum Gasteiger partial charge on any atom is 0.407 e. The van der Waals surface area contributed by atoms with Crippen LogP contribution in [0.25, 0.3) is 10.4 Å². The van der Waals surface area contributed by atoms with Gasteiger partial charge in [-0.2, -0.15) is 0 Å². The molecule has 268 valence electrons. The number of carbonyl (C=O) groups is 4. The van der Waals surface area contributed by atoms with Crippen molar-refractivity contribution in [3.05, 3.63) is 50.4 Å². The lowest BCUT2D eigenvalue weighted by Crippen LogP contribution is -2.87. The Morgan fingerprint density at radius 1 is 1.18 bits per heavy atom. The largest absolute Gasteiger partial charge is 0.455 e. The van der Waals surface area contributed by atoms with Gasteiger partial charge in [0.2, 0.25) is 5.91 Å². The van der Waals surface area contributed by atoms with Crippen LogP contribution in [-0.4, -0.2) is 82.2 Å². The summed E-state index contributed by atoms with van der Waals surface area (Å²) in [5.74, 6) is -2.44. The van der Waals surface area contributed by atoms with Crippen molar-refractivity contribution in [3.8, 4) is 0 Å². The number of hydrogen-bond acceptors (Lipinski definition) is 10. The molecule has 1 saturated heterocycles. The number of hydrogen-bond donors (Lipinski definition) is 4. The quantitative estimate of drug-likeness (QED) is 0.0498. The normalized spacial score (nSPS) is 34.7. The number of aliphatic hydroxyl groups excluding tert-OH is 1. The highest BCUT2D eigenvalue weighted by molar-refractivity contribution is 14.1. The molecule has 8 atom stereocenters. The van der Waals surface area contributed by atoms with Crippen molar-refractivity contribution >= 4 is 52.0 Å². The first-order valence-corrected chi connectivity index (χ1v) is 17.4. The molecule has 0 aromatic heterocycles. The minimum absolute atomic E-state index is 0.00691. The van der Waals surface area contributed by atoms with E-state index in [4.69, 9.17) is 19.7 Å². The molecule has 1 aromatic carbocycles. The van der Waals surface area contributed by atoms with Gasteiger partial charge in [-0.1, -0.05) is 44.1 Å². The van der Waals surface area contributed by atoms with E-state index < -0.39 is 69.7 Å². The summed E-state index contributed by atoms with van der Waals surface area (Å²) in [6.45, 7) is 13.6. The van der Waals surface area contributed by atoms with E-state index in [0.717, 1.165) is 9.13 Å². The van der Waals surface area contributed by atoms with Gasteiger partial charge in [-0.25, -0.2) is 4.79 Å². The summed E-state index contributed by atoms with van der Waals surface area (Å²) in [4.78, 5) is 55.4. The molecule has 2 saturated carbocycles. The lowest BCUT2D eigenvalue weighted by molar-refractivity contribution is -0.369. The Hall–Kier alpha value is -3.24. The molecular weight excluding hydrogens is 749 g/mol. The number of alkyl carbamates (subject to hydrolysis) is 1. The predicted octanol–water partition coefficient (Wildman–Crippen LogP) is 4.55. The molecular formula is C34H46IN5O9. The first-order valence-electron chi connectivity index (χ1n) is 16.3. The van der Waals surface area contributed by atoms with Crippen LogP contribution in [0.5, 0.6) is 0 Å². The molecule has 3 aliphatic rings. The molecule has 49 heavy (non-hydrogen) atoms. The number of ether oxygens (including phenoxy) is 3. The van der Waals surface area contributed by atoms with Gasteiger partial charge in [0.1, 0.15) is 11.7 Å². The van der Waals surface area contributed by atoms with Crippen molar-refractivity contribution < 1.29 is 43.6 Å². The fraction of sp³-hybridized carbons (Fsp3) is 0.647. The van der Waals surface area contributed by atoms with Crippen molar-refractivity contribution in [2.75, 3.05) is 13.1 Å². The molecule has 0 radical (unpaired) electrons. The number of benzene rings is 1. The van der Waals surface area contributed by atoms with Gasteiger partial charge in [0.25, 0.3) is 0 Å². The lowest BCUT2D eigenvalue weighted by Gasteiger charge is -2.71. The van der Waals surface area contributed by atoms with Crippen LogP contribution in [0.2, 0.25) is 0 Å². The predicted molar refractivity (Wildman–Crippen MR) is 186 cm³/mol. The van der Waals surface area contributed by atoms with Crippen molar-refractivity contribution in [1.82, 2.24) is 10.6 Å². The lowest BCUT2D eigenvalue weighted by atomic mass is 9.39.